The van der Waals surface area contributed by atoms with Gasteiger partial charge in [0.05, 0.1) is 5.60 Å². The zero-order valence-electron chi connectivity index (χ0n) is 12.9. The maximum Gasteiger partial charge on any atom is 0.226 e. The molecule has 0 saturated heterocycles. The number of hydrogen-bond donors (Lipinski definition) is 2. The summed E-state index contributed by atoms with van der Waals surface area (Å²) in [6, 6.07) is 7.28. The van der Waals surface area contributed by atoms with E-state index in [1.165, 1.54) is 24.3 Å². The first-order valence-corrected chi connectivity index (χ1v) is 7.09. The molecular weight excluding hydrogens is 285 g/mol. The minimum Gasteiger partial charge on any atom is -0.439 e. The molecule has 0 saturated carbocycles. The lowest BCUT2D eigenvalue weighted by Gasteiger charge is -2.27. The van der Waals surface area contributed by atoms with Crippen LogP contribution in [0.25, 0.3) is 0 Å². The van der Waals surface area contributed by atoms with Gasteiger partial charge in [-0.15, -0.1) is 0 Å². The van der Waals surface area contributed by atoms with Crippen molar-refractivity contribution in [1.29, 1.82) is 0 Å². The average molecular weight is 305 g/mol. The van der Waals surface area contributed by atoms with Gasteiger partial charge in [-0.3, -0.25) is 0 Å². The van der Waals surface area contributed by atoms with Crippen molar-refractivity contribution in [1.82, 2.24) is 9.97 Å². The van der Waals surface area contributed by atoms with Gasteiger partial charge in [-0.1, -0.05) is 13.8 Å². The van der Waals surface area contributed by atoms with Gasteiger partial charge < -0.3 is 15.2 Å². The second-order valence-electron chi connectivity index (χ2n) is 5.64. The molecule has 0 radical (unpaired) electrons. The monoisotopic (exact) mass is 305 g/mol. The van der Waals surface area contributed by atoms with Gasteiger partial charge in [0.15, 0.2) is 0 Å². The summed E-state index contributed by atoms with van der Waals surface area (Å²) in [5.41, 5.74) is -0.864. The molecule has 0 amide bonds. The molecule has 2 rings (SSSR count). The van der Waals surface area contributed by atoms with E-state index in [2.05, 4.69) is 15.3 Å². The summed E-state index contributed by atoms with van der Waals surface area (Å²) in [4.78, 5) is 8.29. The first kappa shape index (κ1) is 16.2. The summed E-state index contributed by atoms with van der Waals surface area (Å²) in [6.45, 7) is 5.96. The molecule has 118 valence electrons. The molecule has 1 heterocycles. The Balaban J connectivity index is 2.02. The number of ether oxygens (including phenoxy) is 1. The molecule has 1 atom stereocenters. The Bertz CT molecular complexity index is 615. The van der Waals surface area contributed by atoms with Crippen LogP contribution in [0.1, 0.15) is 20.8 Å². The predicted molar refractivity (Wildman–Crippen MR) is 82.5 cm³/mol. The van der Waals surface area contributed by atoms with Gasteiger partial charge in [-0.25, -0.2) is 9.37 Å². The predicted octanol–water partition coefficient (Wildman–Crippen LogP) is 3.23. The van der Waals surface area contributed by atoms with Crippen LogP contribution in [0.5, 0.6) is 11.6 Å². The first-order valence-electron chi connectivity index (χ1n) is 7.09. The van der Waals surface area contributed by atoms with E-state index in [4.69, 9.17) is 4.74 Å². The number of hydrogen-bond acceptors (Lipinski definition) is 5. The lowest BCUT2D eigenvalue weighted by molar-refractivity contribution is 0.0264. The van der Waals surface area contributed by atoms with Crippen molar-refractivity contribution in [2.24, 2.45) is 5.92 Å². The van der Waals surface area contributed by atoms with E-state index >= 15 is 0 Å². The summed E-state index contributed by atoms with van der Waals surface area (Å²) >= 11 is 0. The first-order chi connectivity index (χ1) is 10.4. The summed E-state index contributed by atoms with van der Waals surface area (Å²) in [5.74, 6) is 0.959. The smallest absolute Gasteiger partial charge is 0.226 e. The van der Waals surface area contributed by atoms with Crippen molar-refractivity contribution >= 4 is 5.95 Å². The Morgan fingerprint density at radius 1 is 1.27 bits per heavy atom. The largest absolute Gasteiger partial charge is 0.439 e. The zero-order valence-corrected chi connectivity index (χ0v) is 12.9. The molecule has 0 spiro atoms. The van der Waals surface area contributed by atoms with Gasteiger partial charge in [0.25, 0.3) is 0 Å². The second kappa shape index (κ2) is 6.70. The van der Waals surface area contributed by atoms with Gasteiger partial charge in [0.2, 0.25) is 11.8 Å². The van der Waals surface area contributed by atoms with Crippen molar-refractivity contribution < 1.29 is 14.2 Å². The Hall–Kier alpha value is -2.21. The number of aliphatic hydroxyl groups is 1. The Labute approximate surface area is 129 Å². The van der Waals surface area contributed by atoms with Crippen molar-refractivity contribution in [3.05, 3.63) is 42.3 Å². The zero-order chi connectivity index (χ0) is 16.2. The standard InChI is InChI=1S/C16H20FN3O2/c1-11(2)16(3,21)10-19-15-18-9-8-14(20-15)22-13-6-4-12(17)5-7-13/h4-9,11,21H,10H2,1-3H3,(H,18,19,20). The Kier molecular flexibility index (Phi) is 4.92. The molecule has 1 aromatic carbocycles. The molecular formula is C16H20FN3O2. The fourth-order valence-corrected chi connectivity index (χ4v) is 1.57. The van der Waals surface area contributed by atoms with Crippen LogP contribution in [-0.4, -0.2) is 27.2 Å². The third-order valence-electron chi connectivity index (χ3n) is 3.51. The molecule has 2 N–H and O–H groups in total. The van der Waals surface area contributed by atoms with E-state index in [0.29, 0.717) is 24.1 Å². The highest BCUT2D eigenvalue weighted by Gasteiger charge is 2.24. The lowest BCUT2D eigenvalue weighted by Crippen LogP contribution is -2.39. The summed E-state index contributed by atoms with van der Waals surface area (Å²) in [6.07, 6.45) is 1.55. The highest BCUT2D eigenvalue weighted by Crippen LogP contribution is 2.21. The van der Waals surface area contributed by atoms with E-state index in [-0.39, 0.29) is 11.7 Å². The highest BCUT2D eigenvalue weighted by atomic mass is 19.1. The van der Waals surface area contributed by atoms with Crippen molar-refractivity contribution in [3.63, 3.8) is 0 Å². The molecule has 0 bridgehead atoms. The van der Waals surface area contributed by atoms with Gasteiger partial charge in [-0.2, -0.15) is 4.98 Å². The van der Waals surface area contributed by atoms with Gasteiger partial charge in [0.1, 0.15) is 11.6 Å². The van der Waals surface area contributed by atoms with E-state index < -0.39 is 5.60 Å². The topological polar surface area (TPSA) is 67.3 Å². The maximum absolute atomic E-state index is 12.9. The molecule has 1 aromatic heterocycles. The molecule has 1 unspecified atom stereocenters. The Morgan fingerprint density at radius 2 is 1.95 bits per heavy atom. The SMILES string of the molecule is CC(C)C(C)(O)CNc1nccc(Oc2ccc(F)cc2)n1. The van der Waals surface area contributed by atoms with Gasteiger partial charge in [-0.05, 0) is 37.1 Å². The normalized spacial score (nSPS) is 13.7. The van der Waals surface area contributed by atoms with Gasteiger partial charge >= 0.3 is 0 Å². The lowest BCUT2D eigenvalue weighted by atomic mass is 9.93. The van der Waals surface area contributed by atoms with Gasteiger partial charge in [0, 0.05) is 18.8 Å². The number of nitrogens with zero attached hydrogens (tertiary/aromatic N) is 2. The van der Waals surface area contributed by atoms with Crippen LogP contribution in [-0.2, 0) is 0 Å². The molecule has 2 aromatic rings. The van der Waals surface area contributed by atoms with Crippen molar-refractivity contribution in [3.8, 4) is 11.6 Å². The summed E-state index contributed by atoms with van der Waals surface area (Å²) in [5, 5.41) is 13.2. The fraction of sp³-hybridized carbons (Fsp3) is 0.375. The number of nitrogens with one attached hydrogen (secondary N) is 1. The highest BCUT2D eigenvalue weighted by molar-refractivity contribution is 5.31. The molecule has 6 heteroatoms. The van der Waals surface area contributed by atoms with Crippen LogP contribution in [0.15, 0.2) is 36.5 Å². The Morgan fingerprint density at radius 3 is 2.59 bits per heavy atom. The molecule has 0 aliphatic rings. The van der Waals surface area contributed by atoms with Crippen molar-refractivity contribution in [2.45, 2.75) is 26.4 Å². The molecule has 5 nitrogen and oxygen atoms in total. The van der Waals surface area contributed by atoms with Crippen LogP contribution in [0.4, 0.5) is 10.3 Å². The molecule has 22 heavy (non-hydrogen) atoms. The maximum atomic E-state index is 12.9. The minimum absolute atomic E-state index is 0.0960. The molecule has 0 aliphatic carbocycles. The third kappa shape index (κ3) is 4.39. The van der Waals surface area contributed by atoms with E-state index in [1.807, 2.05) is 13.8 Å². The van der Waals surface area contributed by atoms with Crippen LogP contribution in [0.2, 0.25) is 0 Å². The van der Waals surface area contributed by atoms with E-state index in [0.717, 1.165) is 0 Å². The van der Waals surface area contributed by atoms with E-state index in [1.54, 1.807) is 19.2 Å². The minimum atomic E-state index is -0.864. The van der Waals surface area contributed by atoms with Crippen LogP contribution >= 0.6 is 0 Å². The quantitative estimate of drug-likeness (QED) is 0.857. The van der Waals surface area contributed by atoms with E-state index in [9.17, 15) is 9.50 Å². The fourth-order valence-electron chi connectivity index (χ4n) is 1.57. The number of rotatable bonds is 6. The number of anilines is 1. The average Bonchev–Trinajstić information content (AvgIpc) is 2.48. The second-order valence-corrected chi connectivity index (χ2v) is 5.64. The van der Waals surface area contributed by atoms with Crippen LogP contribution < -0.4 is 10.1 Å². The van der Waals surface area contributed by atoms with Crippen LogP contribution in [0.3, 0.4) is 0 Å². The molecule has 0 aliphatic heterocycles. The van der Waals surface area contributed by atoms with Crippen molar-refractivity contribution in [2.75, 3.05) is 11.9 Å². The van der Waals surface area contributed by atoms with Crippen LogP contribution in [0, 0.1) is 11.7 Å². The number of halogens is 1. The number of benzene rings is 1. The summed E-state index contributed by atoms with van der Waals surface area (Å²) < 4.78 is 18.4. The molecule has 0 fully saturated rings. The third-order valence-corrected chi connectivity index (χ3v) is 3.51. The summed E-state index contributed by atoms with van der Waals surface area (Å²) in [7, 11) is 0. The number of aromatic nitrogens is 2.